The van der Waals surface area contributed by atoms with E-state index in [-0.39, 0.29) is 23.7 Å². The smallest absolute Gasteiger partial charge is 0.249 e. The lowest BCUT2D eigenvalue weighted by Gasteiger charge is -2.26. The monoisotopic (exact) mass is 380 g/mol. The van der Waals surface area contributed by atoms with Crippen molar-refractivity contribution in [3.05, 3.63) is 5.01 Å². The molecule has 1 unspecified atom stereocenters. The molecule has 0 spiro atoms. The van der Waals surface area contributed by atoms with Gasteiger partial charge in [0.2, 0.25) is 16.9 Å². The van der Waals surface area contributed by atoms with Crippen LogP contribution in [0.5, 0.6) is 0 Å². The summed E-state index contributed by atoms with van der Waals surface area (Å²) in [5.74, 6) is 0.227. The molecule has 0 bridgehead atoms. The summed E-state index contributed by atoms with van der Waals surface area (Å²) in [4.78, 5) is 25.2. The average Bonchev–Trinajstić information content (AvgIpc) is 3.09. The summed E-state index contributed by atoms with van der Waals surface area (Å²) in [7, 11) is 0. The topological polar surface area (TPSA) is 84.0 Å². The zero-order chi connectivity index (χ0) is 19.1. The van der Waals surface area contributed by atoms with Crippen LogP contribution in [0.25, 0.3) is 0 Å². The van der Waals surface area contributed by atoms with Crippen LogP contribution in [0.4, 0.5) is 5.13 Å². The SMILES string of the molecule is CCC(CC)c1nnc(NC(=O)C(NC(=O)C2CCCCC2)C(C)C)s1. The zero-order valence-electron chi connectivity index (χ0n) is 16.4. The molecule has 0 aliphatic heterocycles. The van der Waals surface area contributed by atoms with Crippen molar-refractivity contribution in [3.8, 4) is 0 Å². The Morgan fingerprint density at radius 2 is 1.77 bits per heavy atom. The van der Waals surface area contributed by atoms with E-state index in [1.54, 1.807) is 0 Å². The lowest BCUT2D eigenvalue weighted by atomic mass is 9.88. The van der Waals surface area contributed by atoms with Crippen LogP contribution < -0.4 is 10.6 Å². The number of aromatic nitrogens is 2. The number of anilines is 1. The fourth-order valence-electron chi connectivity index (χ4n) is 3.44. The van der Waals surface area contributed by atoms with Crippen LogP contribution in [0.1, 0.15) is 83.6 Å². The highest BCUT2D eigenvalue weighted by atomic mass is 32.1. The van der Waals surface area contributed by atoms with Gasteiger partial charge in [-0.15, -0.1) is 10.2 Å². The molecule has 1 aliphatic carbocycles. The Hall–Kier alpha value is -1.50. The van der Waals surface area contributed by atoms with Crippen LogP contribution in [0.2, 0.25) is 0 Å². The summed E-state index contributed by atoms with van der Waals surface area (Å²) in [6, 6.07) is -0.551. The summed E-state index contributed by atoms with van der Waals surface area (Å²) in [6.07, 6.45) is 7.26. The van der Waals surface area contributed by atoms with E-state index in [4.69, 9.17) is 0 Å². The summed E-state index contributed by atoms with van der Waals surface area (Å²) >= 11 is 1.43. The quantitative estimate of drug-likeness (QED) is 0.711. The standard InChI is InChI=1S/C19H32N4O2S/c1-5-13(6-2)18-22-23-19(26-18)21-17(25)15(12(3)4)20-16(24)14-10-8-7-9-11-14/h12-15H,5-11H2,1-4H3,(H,20,24)(H,21,23,25). The molecule has 0 saturated heterocycles. The number of nitrogens with zero attached hydrogens (tertiary/aromatic N) is 2. The van der Waals surface area contributed by atoms with Crippen molar-refractivity contribution in [1.29, 1.82) is 0 Å². The third-order valence-corrected chi connectivity index (χ3v) is 6.23. The van der Waals surface area contributed by atoms with Crippen molar-refractivity contribution in [2.75, 3.05) is 5.32 Å². The van der Waals surface area contributed by atoms with E-state index >= 15 is 0 Å². The lowest BCUT2D eigenvalue weighted by molar-refractivity contribution is -0.130. The fraction of sp³-hybridized carbons (Fsp3) is 0.789. The number of amides is 2. The first kappa shape index (κ1) is 20.8. The van der Waals surface area contributed by atoms with Crippen molar-refractivity contribution in [1.82, 2.24) is 15.5 Å². The fourth-order valence-corrected chi connectivity index (χ4v) is 4.46. The molecule has 1 aromatic rings. The summed E-state index contributed by atoms with van der Waals surface area (Å²) < 4.78 is 0. The Morgan fingerprint density at radius 1 is 1.12 bits per heavy atom. The van der Waals surface area contributed by atoms with E-state index in [0.29, 0.717) is 11.0 Å². The maximum Gasteiger partial charge on any atom is 0.249 e. The summed E-state index contributed by atoms with van der Waals surface area (Å²) in [5, 5.41) is 15.6. The van der Waals surface area contributed by atoms with Gasteiger partial charge in [0, 0.05) is 11.8 Å². The van der Waals surface area contributed by atoms with Crippen molar-refractivity contribution in [2.45, 2.75) is 84.6 Å². The zero-order valence-corrected chi connectivity index (χ0v) is 17.2. The number of hydrogen-bond acceptors (Lipinski definition) is 5. The summed E-state index contributed by atoms with van der Waals surface area (Å²) in [6.45, 7) is 8.15. The van der Waals surface area contributed by atoms with E-state index in [0.717, 1.165) is 43.5 Å². The molecule has 2 rings (SSSR count). The second-order valence-corrected chi connectivity index (χ2v) is 8.52. The van der Waals surface area contributed by atoms with Gasteiger partial charge in [0.05, 0.1) is 0 Å². The molecule has 0 radical (unpaired) electrons. The van der Waals surface area contributed by atoms with E-state index in [1.165, 1.54) is 17.8 Å². The Balaban J connectivity index is 1.98. The van der Waals surface area contributed by atoms with Gasteiger partial charge >= 0.3 is 0 Å². The minimum Gasteiger partial charge on any atom is -0.344 e. The van der Waals surface area contributed by atoms with Gasteiger partial charge in [-0.05, 0) is 31.6 Å². The van der Waals surface area contributed by atoms with Crippen molar-refractivity contribution in [3.63, 3.8) is 0 Å². The molecule has 2 N–H and O–H groups in total. The van der Waals surface area contributed by atoms with Gasteiger partial charge in [0.15, 0.2) is 0 Å². The molecule has 146 valence electrons. The molecular weight excluding hydrogens is 348 g/mol. The Labute approximate surface area is 160 Å². The lowest BCUT2D eigenvalue weighted by Crippen LogP contribution is -2.49. The van der Waals surface area contributed by atoms with Crippen LogP contribution in [0.3, 0.4) is 0 Å². The highest BCUT2D eigenvalue weighted by molar-refractivity contribution is 7.15. The molecule has 1 aliphatic rings. The molecule has 7 heteroatoms. The highest BCUT2D eigenvalue weighted by Gasteiger charge is 2.29. The van der Waals surface area contributed by atoms with Gasteiger partial charge < -0.3 is 5.32 Å². The summed E-state index contributed by atoms with van der Waals surface area (Å²) in [5.41, 5.74) is 0. The van der Waals surface area contributed by atoms with Crippen LogP contribution in [0, 0.1) is 11.8 Å². The van der Waals surface area contributed by atoms with Crippen molar-refractivity contribution >= 4 is 28.3 Å². The maximum absolute atomic E-state index is 12.7. The normalized spacial score (nSPS) is 16.7. The minimum atomic E-state index is -0.551. The number of rotatable bonds is 8. The first-order chi connectivity index (χ1) is 12.5. The molecule has 0 aromatic carbocycles. The highest BCUT2D eigenvalue weighted by Crippen LogP contribution is 2.28. The number of nitrogens with one attached hydrogen (secondary N) is 2. The largest absolute Gasteiger partial charge is 0.344 e. The van der Waals surface area contributed by atoms with Gasteiger partial charge in [-0.2, -0.15) is 0 Å². The number of hydrogen-bond donors (Lipinski definition) is 2. The van der Waals surface area contributed by atoms with E-state index in [9.17, 15) is 9.59 Å². The maximum atomic E-state index is 12.7. The van der Waals surface area contributed by atoms with Gasteiger partial charge in [-0.25, -0.2) is 0 Å². The predicted molar refractivity (Wildman–Crippen MR) is 105 cm³/mol. The first-order valence-corrected chi connectivity index (χ1v) is 10.7. The van der Waals surface area contributed by atoms with Crippen LogP contribution in [-0.2, 0) is 9.59 Å². The molecule has 1 atom stereocenters. The van der Waals surface area contributed by atoms with Gasteiger partial charge in [-0.3, -0.25) is 14.9 Å². The molecule has 2 amide bonds. The van der Waals surface area contributed by atoms with Crippen LogP contribution in [-0.4, -0.2) is 28.1 Å². The van der Waals surface area contributed by atoms with Crippen LogP contribution in [0.15, 0.2) is 0 Å². The Kier molecular flexibility index (Phi) is 8.00. The second kappa shape index (κ2) is 10.00. The number of carbonyl (C=O) groups is 2. The predicted octanol–water partition coefficient (Wildman–Crippen LogP) is 4.10. The average molecular weight is 381 g/mol. The third kappa shape index (κ3) is 5.50. The van der Waals surface area contributed by atoms with E-state index < -0.39 is 6.04 Å². The molecule has 26 heavy (non-hydrogen) atoms. The van der Waals surface area contributed by atoms with Gasteiger partial charge in [-0.1, -0.05) is 58.3 Å². The molecule has 1 fully saturated rings. The third-order valence-electron chi connectivity index (χ3n) is 5.23. The minimum absolute atomic E-state index is 0.00790. The molecule has 6 nitrogen and oxygen atoms in total. The molecule has 1 aromatic heterocycles. The Bertz CT molecular complexity index is 592. The second-order valence-electron chi connectivity index (χ2n) is 7.51. The molecule has 1 saturated carbocycles. The number of carbonyl (C=O) groups excluding carboxylic acids is 2. The molecular formula is C19H32N4O2S. The molecule has 1 heterocycles. The van der Waals surface area contributed by atoms with Gasteiger partial charge in [0.1, 0.15) is 11.0 Å². The van der Waals surface area contributed by atoms with Crippen molar-refractivity contribution < 1.29 is 9.59 Å². The van der Waals surface area contributed by atoms with Crippen molar-refractivity contribution in [2.24, 2.45) is 11.8 Å². The van der Waals surface area contributed by atoms with Gasteiger partial charge in [0.25, 0.3) is 0 Å². The van der Waals surface area contributed by atoms with E-state index in [1.807, 2.05) is 13.8 Å². The Morgan fingerprint density at radius 3 is 2.35 bits per heavy atom. The van der Waals surface area contributed by atoms with E-state index in [2.05, 4.69) is 34.7 Å². The van der Waals surface area contributed by atoms with Crippen LogP contribution >= 0.6 is 11.3 Å². The first-order valence-electron chi connectivity index (χ1n) is 9.90.